The first kappa shape index (κ1) is 22.8. The minimum Gasteiger partial charge on any atom is -0.507 e. The van der Waals surface area contributed by atoms with Crippen molar-refractivity contribution in [2.24, 2.45) is 5.92 Å². The highest BCUT2D eigenvalue weighted by Gasteiger charge is 2.16. The summed E-state index contributed by atoms with van der Waals surface area (Å²) in [6.45, 7) is 6.05. The molecule has 2 rings (SSSR count). The lowest BCUT2D eigenvalue weighted by atomic mass is 10.0. The number of ether oxygens (including phenoxy) is 1. The van der Waals surface area contributed by atoms with Crippen LogP contribution in [0.1, 0.15) is 48.7 Å². The molecule has 0 spiro atoms. The zero-order chi connectivity index (χ0) is 21.4. The lowest BCUT2D eigenvalue weighted by Gasteiger charge is -2.17. The van der Waals surface area contributed by atoms with Gasteiger partial charge in [-0.05, 0) is 49.1 Å². The van der Waals surface area contributed by atoms with Crippen molar-refractivity contribution in [3.8, 4) is 11.5 Å². The summed E-state index contributed by atoms with van der Waals surface area (Å²) in [4.78, 5) is 23.5. The number of carbonyl (C=O) groups is 2. The topological polar surface area (TPSA) is 83.8 Å². The quantitative estimate of drug-likeness (QED) is 0.397. The number of aromatic hydroxyl groups is 1. The number of Topliss-reactive ketones (excluding diaryl/α,β-unsaturated/α-hetero) is 1. The molecule has 0 saturated carbocycles. The number of hydrogen-bond donors (Lipinski definition) is 2. The fourth-order valence-electron chi connectivity index (χ4n) is 2.93. The van der Waals surface area contributed by atoms with Crippen LogP contribution in [0.4, 0.5) is 0 Å². The molecule has 2 N–H and O–H groups in total. The minimum atomic E-state index is -0.832. The number of carbonyl (C=O) groups excluding carboxylic acids is 1. The van der Waals surface area contributed by atoms with Gasteiger partial charge in [0.2, 0.25) is 0 Å². The summed E-state index contributed by atoms with van der Waals surface area (Å²) in [5.74, 6) is 0.776. The zero-order valence-corrected chi connectivity index (χ0v) is 17.9. The van der Waals surface area contributed by atoms with Crippen molar-refractivity contribution in [1.82, 2.24) is 0 Å². The summed E-state index contributed by atoms with van der Waals surface area (Å²) >= 11 is 1.69. The largest absolute Gasteiger partial charge is 0.507 e. The van der Waals surface area contributed by atoms with Crippen molar-refractivity contribution in [2.45, 2.75) is 44.9 Å². The van der Waals surface area contributed by atoms with E-state index < -0.39 is 5.97 Å². The Labute approximate surface area is 176 Å². The van der Waals surface area contributed by atoms with Gasteiger partial charge in [0.15, 0.2) is 5.78 Å². The number of benzene rings is 2. The molecule has 0 heterocycles. The molecular formula is C23H28O5S. The molecule has 0 aliphatic heterocycles. The number of phenols is 1. The van der Waals surface area contributed by atoms with Crippen LogP contribution in [0.3, 0.4) is 0 Å². The lowest BCUT2D eigenvalue weighted by Crippen LogP contribution is -2.12. The van der Waals surface area contributed by atoms with E-state index in [4.69, 9.17) is 9.84 Å². The van der Waals surface area contributed by atoms with Gasteiger partial charge in [0.1, 0.15) is 11.5 Å². The average Bonchev–Trinajstić information content (AvgIpc) is 2.67. The Hall–Kier alpha value is -2.47. The maximum absolute atomic E-state index is 11.7. The molecule has 29 heavy (non-hydrogen) atoms. The van der Waals surface area contributed by atoms with Crippen LogP contribution in [-0.4, -0.2) is 34.3 Å². The molecule has 0 amide bonds. The van der Waals surface area contributed by atoms with E-state index in [0.29, 0.717) is 29.9 Å². The first-order valence-electron chi connectivity index (χ1n) is 9.73. The summed E-state index contributed by atoms with van der Waals surface area (Å²) < 4.78 is 5.97. The van der Waals surface area contributed by atoms with Gasteiger partial charge in [0.05, 0.1) is 18.6 Å². The second-order valence-corrected chi connectivity index (χ2v) is 8.28. The Morgan fingerprint density at radius 2 is 1.83 bits per heavy atom. The van der Waals surface area contributed by atoms with E-state index >= 15 is 0 Å². The van der Waals surface area contributed by atoms with Gasteiger partial charge >= 0.3 is 5.97 Å². The molecule has 2 aromatic carbocycles. The van der Waals surface area contributed by atoms with Crippen LogP contribution in [0.2, 0.25) is 0 Å². The zero-order valence-electron chi connectivity index (χ0n) is 17.1. The number of hydrogen-bond acceptors (Lipinski definition) is 5. The maximum atomic E-state index is 11.7. The van der Waals surface area contributed by atoms with E-state index in [1.165, 1.54) is 6.92 Å². The molecule has 0 aromatic heterocycles. The van der Waals surface area contributed by atoms with Crippen molar-refractivity contribution >= 4 is 23.5 Å². The molecule has 0 saturated heterocycles. The molecule has 0 fully saturated rings. The number of carboxylic acid groups (broad SMARTS) is 1. The Morgan fingerprint density at radius 3 is 2.41 bits per heavy atom. The van der Waals surface area contributed by atoms with Gasteiger partial charge < -0.3 is 14.9 Å². The van der Waals surface area contributed by atoms with Gasteiger partial charge in [-0.3, -0.25) is 9.59 Å². The molecule has 0 radical (unpaired) electrons. The van der Waals surface area contributed by atoms with Gasteiger partial charge in [-0.25, -0.2) is 0 Å². The fraction of sp³-hybridized carbons (Fsp3) is 0.391. The van der Waals surface area contributed by atoms with E-state index in [9.17, 15) is 14.7 Å². The monoisotopic (exact) mass is 416 g/mol. The highest BCUT2D eigenvalue weighted by Crippen LogP contribution is 2.33. The summed E-state index contributed by atoms with van der Waals surface area (Å²) in [6.07, 6.45) is 1.52. The normalized spacial score (nSPS) is 11.8. The highest BCUT2D eigenvalue weighted by atomic mass is 32.2. The number of thioether (sulfide) groups is 1. The third kappa shape index (κ3) is 6.82. The number of ketones is 1. The second-order valence-electron chi connectivity index (χ2n) is 7.19. The Bertz CT molecular complexity index is 845. The molecule has 0 aliphatic rings. The Kier molecular flexibility index (Phi) is 8.58. The van der Waals surface area contributed by atoms with Crippen LogP contribution >= 0.6 is 11.8 Å². The van der Waals surface area contributed by atoms with Crippen LogP contribution in [0, 0.1) is 5.92 Å². The van der Waals surface area contributed by atoms with E-state index in [2.05, 4.69) is 6.92 Å². The number of carboxylic acids is 1. The van der Waals surface area contributed by atoms with Gasteiger partial charge in [0, 0.05) is 16.2 Å². The van der Waals surface area contributed by atoms with Gasteiger partial charge in [0.25, 0.3) is 0 Å². The molecular weight excluding hydrogens is 388 g/mol. The highest BCUT2D eigenvalue weighted by molar-refractivity contribution is 7.99. The second kappa shape index (κ2) is 10.9. The Balaban J connectivity index is 1.93. The van der Waals surface area contributed by atoms with E-state index in [1.807, 2.05) is 31.2 Å². The Morgan fingerprint density at radius 1 is 1.14 bits per heavy atom. The van der Waals surface area contributed by atoms with Crippen LogP contribution in [0.5, 0.6) is 11.5 Å². The molecule has 1 unspecified atom stereocenters. The number of aliphatic carboxylic acids is 1. The van der Waals surface area contributed by atoms with Crippen molar-refractivity contribution in [3.63, 3.8) is 0 Å². The average molecular weight is 417 g/mol. The number of rotatable bonds is 11. The van der Waals surface area contributed by atoms with Gasteiger partial charge in [-0.1, -0.05) is 32.4 Å². The standard InChI is InChI=1S/C23H28O5S/c1-4-5-20-21(11-10-19(16(3)24)23(20)27)28-13-15(2)14-29-18-8-6-17(7-9-18)12-22(25)26/h6-11,15,27H,4-5,12-14H2,1-3H3,(H,25,26). The van der Waals surface area contributed by atoms with E-state index in [1.54, 1.807) is 23.9 Å². The van der Waals surface area contributed by atoms with Crippen molar-refractivity contribution in [2.75, 3.05) is 12.4 Å². The van der Waals surface area contributed by atoms with Crippen LogP contribution in [0.25, 0.3) is 0 Å². The summed E-state index contributed by atoms with van der Waals surface area (Å²) in [5.41, 5.74) is 1.81. The third-order valence-electron chi connectivity index (χ3n) is 4.46. The molecule has 2 aromatic rings. The molecule has 156 valence electrons. The van der Waals surface area contributed by atoms with Gasteiger partial charge in [-0.15, -0.1) is 11.8 Å². The third-order valence-corrected chi connectivity index (χ3v) is 5.80. The van der Waals surface area contributed by atoms with Gasteiger partial charge in [-0.2, -0.15) is 0 Å². The first-order valence-corrected chi connectivity index (χ1v) is 10.7. The predicted molar refractivity (Wildman–Crippen MR) is 115 cm³/mol. The number of phenolic OH excluding ortho intramolecular Hbond substituents is 1. The van der Waals surface area contributed by atoms with Crippen molar-refractivity contribution in [1.29, 1.82) is 0 Å². The minimum absolute atomic E-state index is 0.0281. The van der Waals surface area contributed by atoms with Crippen molar-refractivity contribution < 1.29 is 24.5 Å². The summed E-state index contributed by atoms with van der Waals surface area (Å²) in [5, 5.41) is 19.3. The van der Waals surface area contributed by atoms with Crippen LogP contribution < -0.4 is 4.74 Å². The van der Waals surface area contributed by atoms with E-state index in [-0.39, 0.29) is 23.9 Å². The van der Waals surface area contributed by atoms with Crippen LogP contribution in [-0.2, 0) is 17.6 Å². The van der Waals surface area contributed by atoms with E-state index in [0.717, 1.165) is 22.6 Å². The maximum Gasteiger partial charge on any atom is 0.307 e. The lowest BCUT2D eigenvalue weighted by molar-refractivity contribution is -0.136. The molecule has 0 bridgehead atoms. The van der Waals surface area contributed by atoms with Crippen molar-refractivity contribution in [3.05, 3.63) is 53.1 Å². The first-order chi connectivity index (χ1) is 13.8. The SMILES string of the molecule is CCCc1c(OCC(C)CSc2ccc(CC(=O)O)cc2)ccc(C(C)=O)c1O. The molecule has 6 heteroatoms. The smallest absolute Gasteiger partial charge is 0.307 e. The predicted octanol–water partition coefficient (Wildman–Crippen LogP) is 4.98. The molecule has 1 atom stereocenters. The summed E-state index contributed by atoms with van der Waals surface area (Å²) in [6, 6.07) is 10.9. The molecule has 5 nitrogen and oxygen atoms in total. The fourth-order valence-corrected chi connectivity index (χ4v) is 3.83. The van der Waals surface area contributed by atoms with Crippen LogP contribution in [0.15, 0.2) is 41.3 Å². The summed E-state index contributed by atoms with van der Waals surface area (Å²) in [7, 11) is 0. The molecule has 0 aliphatic carbocycles.